The summed E-state index contributed by atoms with van der Waals surface area (Å²) in [5.74, 6) is 0.0133. The molecule has 0 aromatic carbocycles. The van der Waals surface area contributed by atoms with Gasteiger partial charge in [0.15, 0.2) is 5.13 Å². The van der Waals surface area contributed by atoms with Crippen molar-refractivity contribution in [3.63, 3.8) is 0 Å². The molecule has 0 bridgehead atoms. The van der Waals surface area contributed by atoms with Gasteiger partial charge in [0, 0.05) is 24.5 Å². The first-order valence-corrected chi connectivity index (χ1v) is 8.20. The molecule has 118 valence electrons. The van der Waals surface area contributed by atoms with Gasteiger partial charge < -0.3 is 20.4 Å². The summed E-state index contributed by atoms with van der Waals surface area (Å²) < 4.78 is 0. The molecular formula is C14H25N5OS. The lowest BCUT2D eigenvalue weighted by molar-refractivity contribution is 0.0570. The van der Waals surface area contributed by atoms with E-state index in [0.29, 0.717) is 16.9 Å². The quantitative estimate of drug-likeness (QED) is 0.872. The van der Waals surface area contributed by atoms with E-state index in [9.17, 15) is 4.79 Å². The Balaban J connectivity index is 2.09. The molecule has 1 fully saturated rings. The summed E-state index contributed by atoms with van der Waals surface area (Å²) in [6, 6.07) is 0.302. The molecule has 1 amide bonds. The maximum absolute atomic E-state index is 12.7. The minimum Gasteiger partial charge on any atom is -0.375 e. The number of carbonyl (C=O) groups excluding carboxylic acids is 1. The molecule has 1 saturated heterocycles. The summed E-state index contributed by atoms with van der Waals surface area (Å²) in [5, 5.41) is 2.21. The van der Waals surface area contributed by atoms with Crippen LogP contribution in [-0.4, -0.2) is 79.0 Å². The van der Waals surface area contributed by atoms with Crippen molar-refractivity contribution in [3.8, 4) is 0 Å². The zero-order valence-corrected chi connectivity index (χ0v) is 13.9. The fourth-order valence-electron chi connectivity index (χ4n) is 2.60. The van der Waals surface area contributed by atoms with Gasteiger partial charge in [0.05, 0.1) is 0 Å². The molecule has 2 rings (SSSR count). The molecule has 1 aromatic heterocycles. The van der Waals surface area contributed by atoms with E-state index in [4.69, 9.17) is 5.73 Å². The van der Waals surface area contributed by atoms with Crippen molar-refractivity contribution in [1.82, 2.24) is 19.7 Å². The van der Waals surface area contributed by atoms with Crippen molar-refractivity contribution in [1.29, 1.82) is 0 Å². The maximum Gasteiger partial charge on any atom is 0.273 e. The van der Waals surface area contributed by atoms with Crippen LogP contribution in [0, 0.1) is 0 Å². The number of nitrogen functional groups attached to an aromatic ring is 1. The molecule has 7 heteroatoms. The van der Waals surface area contributed by atoms with E-state index in [-0.39, 0.29) is 5.91 Å². The molecule has 2 N–H and O–H groups in total. The first-order chi connectivity index (χ1) is 9.97. The van der Waals surface area contributed by atoms with E-state index in [1.807, 2.05) is 19.0 Å². The molecule has 21 heavy (non-hydrogen) atoms. The van der Waals surface area contributed by atoms with E-state index in [1.165, 1.54) is 11.3 Å². The van der Waals surface area contributed by atoms with Gasteiger partial charge in [-0.3, -0.25) is 4.79 Å². The molecule has 0 unspecified atom stereocenters. The van der Waals surface area contributed by atoms with Crippen LogP contribution in [0.2, 0.25) is 0 Å². The Morgan fingerprint density at radius 2 is 2.10 bits per heavy atom. The lowest BCUT2D eigenvalue weighted by Crippen LogP contribution is -2.48. The predicted molar refractivity (Wildman–Crippen MR) is 86.6 cm³/mol. The highest BCUT2D eigenvalue weighted by Crippen LogP contribution is 2.20. The number of likely N-dealkylation sites (tertiary alicyclic amines) is 1. The molecule has 0 aliphatic carbocycles. The Morgan fingerprint density at radius 3 is 2.62 bits per heavy atom. The van der Waals surface area contributed by atoms with Crippen LogP contribution in [0.1, 0.15) is 23.3 Å². The highest BCUT2D eigenvalue weighted by atomic mass is 32.1. The van der Waals surface area contributed by atoms with Gasteiger partial charge in [0.2, 0.25) is 0 Å². The number of anilines is 1. The molecule has 6 nitrogen and oxygen atoms in total. The van der Waals surface area contributed by atoms with Gasteiger partial charge in [0.1, 0.15) is 5.69 Å². The smallest absolute Gasteiger partial charge is 0.273 e. The number of hydrogen-bond acceptors (Lipinski definition) is 6. The molecule has 1 aliphatic rings. The van der Waals surface area contributed by atoms with E-state index in [2.05, 4.69) is 21.8 Å². The molecule has 2 heterocycles. The van der Waals surface area contributed by atoms with Gasteiger partial charge in [-0.25, -0.2) is 4.98 Å². The average Bonchev–Trinajstić information content (AvgIpc) is 2.87. The zero-order valence-electron chi connectivity index (χ0n) is 13.1. The lowest BCUT2D eigenvalue weighted by Gasteiger charge is -2.37. The van der Waals surface area contributed by atoms with Crippen LogP contribution >= 0.6 is 11.3 Å². The number of amides is 1. The third-order valence-electron chi connectivity index (χ3n) is 3.92. The number of rotatable bonds is 5. The fraction of sp³-hybridized carbons (Fsp3) is 0.714. The second-order valence-electron chi connectivity index (χ2n) is 5.91. The van der Waals surface area contributed by atoms with E-state index >= 15 is 0 Å². The molecule has 0 radical (unpaired) electrons. The second kappa shape index (κ2) is 7.20. The summed E-state index contributed by atoms with van der Waals surface area (Å²) in [4.78, 5) is 23.3. The van der Waals surface area contributed by atoms with Crippen LogP contribution in [0.5, 0.6) is 0 Å². The van der Waals surface area contributed by atoms with Crippen LogP contribution in [-0.2, 0) is 0 Å². The summed E-state index contributed by atoms with van der Waals surface area (Å²) in [7, 11) is 6.18. The Labute approximate surface area is 130 Å². The number of nitrogens with two attached hydrogens (primary N) is 1. The van der Waals surface area contributed by atoms with Crippen molar-refractivity contribution < 1.29 is 4.79 Å². The van der Waals surface area contributed by atoms with Crippen LogP contribution in [0.25, 0.3) is 0 Å². The Hall–Kier alpha value is -1.18. The molecule has 0 atom stereocenters. The van der Waals surface area contributed by atoms with Gasteiger partial charge >= 0.3 is 0 Å². The number of aromatic nitrogens is 1. The van der Waals surface area contributed by atoms with Gasteiger partial charge in [-0.15, -0.1) is 11.3 Å². The SMILES string of the molecule is CN(C)CCN(C(=O)c1csc(N)n1)C1CCN(C)CC1. The Bertz CT molecular complexity index is 468. The van der Waals surface area contributed by atoms with Gasteiger partial charge in [0.25, 0.3) is 5.91 Å². The largest absolute Gasteiger partial charge is 0.375 e. The van der Waals surface area contributed by atoms with E-state index < -0.39 is 0 Å². The van der Waals surface area contributed by atoms with Crippen molar-refractivity contribution in [2.75, 3.05) is 53.1 Å². The molecule has 1 aliphatic heterocycles. The highest BCUT2D eigenvalue weighted by molar-refractivity contribution is 7.13. The number of likely N-dealkylation sites (N-methyl/N-ethyl adjacent to an activating group) is 1. The maximum atomic E-state index is 12.7. The normalized spacial score (nSPS) is 17.3. The molecule has 0 spiro atoms. The third kappa shape index (κ3) is 4.39. The van der Waals surface area contributed by atoms with E-state index in [0.717, 1.165) is 39.0 Å². The zero-order chi connectivity index (χ0) is 15.4. The first kappa shape index (κ1) is 16.2. The Morgan fingerprint density at radius 1 is 1.43 bits per heavy atom. The Kier molecular flexibility index (Phi) is 5.55. The van der Waals surface area contributed by atoms with Gasteiger partial charge in [-0.05, 0) is 47.1 Å². The summed E-state index contributed by atoms with van der Waals surface area (Å²) in [5.41, 5.74) is 6.14. The van der Waals surface area contributed by atoms with Crippen LogP contribution in [0.3, 0.4) is 0 Å². The number of carbonyl (C=O) groups is 1. The molecule has 0 saturated carbocycles. The first-order valence-electron chi connectivity index (χ1n) is 7.32. The standard InChI is InChI=1S/C14H25N5OS/c1-17(2)8-9-19(11-4-6-18(3)7-5-11)13(20)12-10-21-14(15)16-12/h10-11H,4-9H2,1-3H3,(H2,15,16). The monoisotopic (exact) mass is 311 g/mol. The number of hydrogen-bond donors (Lipinski definition) is 1. The van der Waals surface area contributed by atoms with Crippen LogP contribution < -0.4 is 5.73 Å². The topological polar surface area (TPSA) is 65.7 Å². The van der Waals surface area contributed by atoms with Crippen LogP contribution in [0.15, 0.2) is 5.38 Å². The van der Waals surface area contributed by atoms with Crippen molar-refractivity contribution >= 4 is 22.4 Å². The number of thiazole rings is 1. The fourth-order valence-corrected chi connectivity index (χ4v) is 3.13. The average molecular weight is 311 g/mol. The highest BCUT2D eigenvalue weighted by Gasteiger charge is 2.28. The van der Waals surface area contributed by atoms with Crippen molar-refractivity contribution in [3.05, 3.63) is 11.1 Å². The van der Waals surface area contributed by atoms with Gasteiger partial charge in [-0.1, -0.05) is 0 Å². The minimum atomic E-state index is 0.0133. The van der Waals surface area contributed by atoms with Crippen LogP contribution in [0.4, 0.5) is 5.13 Å². The lowest BCUT2D eigenvalue weighted by atomic mass is 10.0. The van der Waals surface area contributed by atoms with Crippen molar-refractivity contribution in [2.24, 2.45) is 0 Å². The second-order valence-corrected chi connectivity index (χ2v) is 6.80. The molecule has 1 aromatic rings. The number of nitrogens with zero attached hydrogens (tertiary/aromatic N) is 4. The summed E-state index contributed by atoms with van der Waals surface area (Å²) in [6.45, 7) is 3.67. The summed E-state index contributed by atoms with van der Waals surface area (Å²) >= 11 is 1.32. The van der Waals surface area contributed by atoms with Crippen molar-refractivity contribution in [2.45, 2.75) is 18.9 Å². The summed E-state index contributed by atoms with van der Waals surface area (Å²) in [6.07, 6.45) is 2.05. The third-order valence-corrected chi connectivity index (χ3v) is 4.59. The number of piperidine rings is 1. The van der Waals surface area contributed by atoms with E-state index in [1.54, 1.807) is 5.38 Å². The molecular weight excluding hydrogens is 286 g/mol. The predicted octanol–water partition coefficient (Wildman–Crippen LogP) is 0.823. The van der Waals surface area contributed by atoms with Gasteiger partial charge in [-0.2, -0.15) is 0 Å². The minimum absolute atomic E-state index is 0.0133.